The van der Waals surface area contributed by atoms with Crippen molar-refractivity contribution in [3.8, 4) is 5.75 Å². The third kappa shape index (κ3) is 5.73. The third-order valence-electron chi connectivity index (χ3n) is 3.23. The first-order chi connectivity index (χ1) is 10.1. The van der Waals surface area contributed by atoms with Crippen LogP contribution in [0.1, 0.15) is 31.9 Å². The summed E-state index contributed by atoms with van der Waals surface area (Å²) < 4.78 is 10.7. The lowest BCUT2D eigenvalue weighted by molar-refractivity contribution is -0.124. The number of benzene rings is 1. The van der Waals surface area contributed by atoms with Crippen LogP contribution in [-0.4, -0.2) is 39.3 Å². The van der Waals surface area contributed by atoms with Crippen molar-refractivity contribution in [2.24, 2.45) is 0 Å². The number of amides is 1. The summed E-state index contributed by atoms with van der Waals surface area (Å²) >= 11 is 0. The average Bonchev–Trinajstić information content (AvgIpc) is 2.47. The van der Waals surface area contributed by atoms with Gasteiger partial charge in [0.25, 0.3) is 5.91 Å². The molecule has 118 valence electrons. The summed E-state index contributed by atoms with van der Waals surface area (Å²) in [5, 5.41) is 6.07. The van der Waals surface area contributed by atoms with Gasteiger partial charge in [-0.25, -0.2) is 0 Å². The molecule has 0 aliphatic heterocycles. The van der Waals surface area contributed by atoms with Gasteiger partial charge in [0.2, 0.25) is 0 Å². The van der Waals surface area contributed by atoms with Crippen molar-refractivity contribution in [3.05, 3.63) is 29.8 Å². The van der Waals surface area contributed by atoms with E-state index in [9.17, 15) is 4.79 Å². The fraction of sp³-hybridized carbons (Fsp3) is 0.562. The first kappa shape index (κ1) is 17.5. The second-order valence-corrected chi connectivity index (χ2v) is 5.00. The van der Waals surface area contributed by atoms with Gasteiger partial charge in [-0.1, -0.05) is 25.1 Å². The maximum atomic E-state index is 11.8. The largest absolute Gasteiger partial charge is 0.483 e. The second kappa shape index (κ2) is 9.37. The highest BCUT2D eigenvalue weighted by molar-refractivity contribution is 5.77. The summed E-state index contributed by atoms with van der Waals surface area (Å²) in [7, 11) is 3.53. The Balaban J connectivity index is 2.61. The Morgan fingerprint density at radius 3 is 2.67 bits per heavy atom. The predicted molar refractivity (Wildman–Crippen MR) is 83.5 cm³/mol. The molecule has 21 heavy (non-hydrogen) atoms. The zero-order valence-electron chi connectivity index (χ0n) is 13.3. The highest BCUT2D eigenvalue weighted by Crippen LogP contribution is 2.26. The molecule has 0 bridgehead atoms. The van der Waals surface area contributed by atoms with E-state index in [2.05, 4.69) is 17.6 Å². The molecule has 1 rings (SSSR count). The first-order valence-electron chi connectivity index (χ1n) is 7.29. The molecule has 2 unspecified atom stereocenters. The fourth-order valence-corrected chi connectivity index (χ4v) is 2.23. The molecule has 5 nitrogen and oxygen atoms in total. The first-order valence-corrected chi connectivity index (χ1v) is 7.29. The van der Waals surface area contributed by atoms with Crippen molar-refractivity contribution >= 4 is 5.91 Å². The molecule has 1 amide bonds. The number of methoxy groups -OCH3 is 1. The molecule has 0 spiro atoms. The normalized spacial score (nSPS) is 13.5. The highest BCUT2D eigenvalue weighted by Gasteiger charge is 2.14. The van der Waals surface area contributed by atoms with Crippen LogP contribution in [0.5, 0.6) is 5.75 Å². The van der Waals surface area contributed by atoms with Crippen molar-refractivity contribution in [2.45, 2.75) is 32.4 Å². The van der Waals surface area contributed by atoms with E-state index in [4.69, 9.17) is 9.47 Å². The van der Waals surface area contributed by atoms with E-state index < -0.39 is 0 Å². The maximum absolute atomic E-state index is 11.8. The minimum atomic E-state index is -0.146. The van der Waals surface area contributed by atoms with Crippen LogP contribution >= 0.6 is 0 Å². The lowest BCUT2D eigenvalue weighted by atomic mass is 10.0. The minimum Gasteiger partial charge on any atom is -0.483 e. The molecule has 0 aliphatic carbocycles. The predicted octanol–water partition coefficient (Wildman–Crippen LogP) is 1.89. The van der Waals surface area contributed by atoms with Crippen LogP contribution < -0.4 is 15.4 Å². The van der Waals surface area contributed by atoms with Gasteiger partial charge >= 0.3 is 0 Å². The van der Waals surface area contributed by atoms with Crippen LogP contribution in [0.15, 0.2) is 24.3 Å². The van der Waals surface area contributed by atoms with Gasteiger partial charge < -0.3 is 20.1 Å². The van der Waals surface area contributed by atoms with E-state index in [0.717, 1.165) is 17.7 Å². The van der Waals surface area contributed by atoms with Crippen LogP contribution in [0.3, 0.4) is 0 Å². The molecule has 0 aliphatic rings. The number of carbonyl (C=O) groups excluding carboxylic acids is 1. The molecule has 0 fully saturated rings. The lowest BCUT2D eigenvalue weighted by Gasteiger charge is -2.19. The lowest BCUT2D eigenvalue weighted by Crippen LogP contribution is -2.38. The van der Waals surface area contributed by atoms with Crippen LogP contribution in [0.2, 0.25) is 0 Å². The molecular weight excluding hydrogens is 268 g/mol. The van der Waals surface area contributed by atoms with Crippen LogP contribution in [0, 0.1) is 0 Å². The summed E-state index contributed by atoms with van der Waals surface area (Å²) in [4.78, 5) is 11.8. The van der Waals surface area contributed by atoms with Crippen molar-refractivity contribution in [2.75, 3.05) is 27.4 Å². The van der Waals surface area contributed by atoms with E-state index in [1.54, 1.807) is 7.11 Å². The van der Waals surface area contributed by atoms with Crippen molar-refractivity contribution in [3.63, 3.8) is 0 Å². The standard InChI is InChI=1S/C16H26N2O3/c1-5-14(17-3)13-8-6-7-9-15(13)21-11-16(19)18-12(2)10-20-4/h6-9,12,14,17H,5,10-11H2,1-4H3,(H,18,19). The van der Waals surface area contributed by atoms with Gasteiger partial charge in [-0.05, 0) is 26.5 Å². The molecule has 0 heterocycles. The van der Waals surface area contributed by atoms with Crippen LogP contribution in [0.25, 0.3) is 0 Å². The maximum Gasteiger partial charge on any atom is 0.258 e. The summed E-state index contributed by atoms with van der Waals surface area (Å²) in [6, 6.07) is 7.99. The molecule has 5 heteroatoms. The van der Waals surface area contributed by atoms with Crippen LogP contribution in [-0.2, 0) is 9.53 Å². The smallest absolute Gasteiger partial charge is 0.258 e. The van der Waals surface area contributed by atoms with Gasteiger partial charge in [-0.2, -0.15) is 0 Å². The molecule has 0 radical (unpaired) electrons. The van der Waals surface area contributed by atoms with E-state index in [1.165, 1.54) is 0 Å². The van der Waals surface area contributed by atoms with Gasteiger partial charge in [0, 0.05) is 24.8 Å². The van der Waals surface area contributed by atoms with E-state index in [0.29, 0.717) is 6.61 Å². The molecule has 1 aromatic rings. The number of ether oxygens (including phenoxy) is 2. The van der Waals surface area contributed by atoms with Crippen molar-refractivity contribution < 1.29 is 14.3 Å². The Bertz CT molecular complexity index is 433. The van der Waals surface area contributed by atoms with Gasteiger partial charge in [-0.3, -0.25) is 4.79 Å². The number of rotatable bonds is 9. The van der Waals surface area contributed by atoms with Crippen molar-refractivity contribution in [1.29, 1.82) is 0 Å². The van der Waals surface area contributed by atoms with E-state index in [1.807, 2.05) is 38.2 Å². The molecule has 0 saturated carbocycles. The third-order valence-corrected chi connectivity index (χ3v) is 3.23. The summed E-state index contributed by atoms with van der Waals surface area (Å²) in [6.07, 6.45) is 0.952. The topological polar surface area (TPSA) is 59.6 Å². The Morgan fingerprint density at radius 1 is 1.33 bits per heavy atom. The fourth-order valence-electron chi connectivity index (χ4n) is 2.23. The summed E-state index contributed by atoms with van der Waals surface area (Å²) in [6.45, 7) is 4.49. The number of hydrogen-bond acceptors (Lipinski definition) is 4. The SMILES string of the molecule is CCC(NC)c1ccccc1OCC(=O)NC(C)COC. The molecule has 0 saturated heterocycles. The Hall–Kier alpha value is -1.59. The minimum absolute atomic E-state index is 0.00517. The second-order valence-electron chi connectivity index (χ2n) is 5.00. The van der Waals surface area contributed by atoms with Crippen molar-refractivity contribution in [1.82, 2.24) is 10.6 Å². The number of hydrogen-bond donors (Lipinski definition) is 2. The van der Waals surface area contributed by atoms with Gasteiger partial charge in [-0.15, -0.1) is 0 Å². The molecule has 1 aromatic carbocycles. The molecule has 2 atom stereocenters. The van der Waals surface area contributed by atoms with Gasteiger partial charge in [0.1, 0.15) is 5.75 Å². The number of nitrogens with one attached hydrogen (secondary N) is 2. The number of carbonyl (C=O) groups is 1. The number of para-hydroxylation sites is 1. The monoisotopic (exact) mass is 294 g/mol. The molecular formula is C16H26N2O3. The summed E-state index contributed by atoms with van der Waals surface area (Å²) in [5.41, 5.74) is 1.07. The zero-order valence-corrected chi connectivity index (χ0v) is 13.3. The van der Waals surface area contributed by atoms with Gasteiger partial charge in [0.05, 0.1) is 6.61 Å². The Morgan fingerprint density at radius 2 is 2.05 bits per heavy atom. The Kier molecular flexibility index (Phi) is 7.79. The molecule has 0 aromatic heterocycles. The highest BCUT2D eigenvalue weighted by atomic mass is 16.5. The quantitative estimate of drug-likeness (QED) is 0.730. The molecule has 2 N–H and O–H groups in total. The van der Waals surface area contributed by atoms with E-state index in [-0.39, 0.29) is 24.6 Å². The summed E-state index contributed by atoms with van der Waals surface area (Å²) in [5.74, 6) is 0.597. The van der Waals surface area contributed by atoms with Gasteiger partial charge in [0.15, 0.2) is 6.61 Å². The average molecular weight is 294 g/mol. The zero-order chi connectivity index (χ0) is 15.7. The van der Waals surface area contributed by atoms with E-state index >= 15 is 0 Å². The van der Waals surface area contributed by atoms with Crippen LogP contribution in [0.4, 0.5) is 0 Å². The Labute approximate surface area is 127 Å².